The fourth-order valence-corrected chi connectivity index (χ4v) is 5.39. The van der Waals surface area contributed by atoms with Crippen molar-refractivity contribution in [3.05, 3.63) is 41.7 Å². The Morgan fingerprint density at radius 1 is 1.29 bits per heavy atom. The molecule has 2 aromatic rings. The molecule has 2 saturated heterocycles. The van der Waals surface area contributed by atoms with Crippen molar-refractivity contribution in [2.24, 2.45) is 0 Å². The minimum atomic E-state index is -1.29. The van der Waals surface area contributed by atoms with Crippen molar-refractivity contribution < 1.29 is 24.0 Å². The van der Waals surface area contributed by atoms with Gasteiger partial charge in [0.15, 0.2) is 0 Å². The summed E-state index contributed by atoms with van der Waals surface area (Å²) in [7, 11) is 0. The van der Waals surface area contributed by atoms with Crippen molar-refractivity contribution in [3.63, 3.8) is 0 Å². The number of hydrogen-bond acceptors (Lipinski definition) is 7. The summed E-state index contributed by atoms with van der Waals surface area (Å²) in [6.45, 7) is 5.13. The van der Waals surface area contributed by atoms with Crippen LogP contribution in [0, 0.1) is 6.92 Å². The van der Waals surface area contributed by atoms with E-state index in [0.29, 0.717) is 11.5 Å². The number of carboxylic acid groups (broad SMARTS) is 1. The van der Waals surface area contributed by atoms with Crippen LogP contribution in [0.15, 0.2) is 34.9 Å². The Morgan fingerprint density at radius 2 is 1.96 bits per heavy atom. The van der Waals surface area contributed by atoms with Crippen LogP contribution in [0.5, 0.6) is 0 Å². The average molecular weight is 400 g/mol. The maximum atomic E-state index is 12.9. The van der Waals surface area contributed by atoms with Gasteiger partial charge < -0.3 is 24.6 Å². The zero-order valence-electron chi connectivity index (χ0n) is 15.5. The van der Waals surface area contributed by atoms with Crippen molar-refractivity contribution in [1.82, 2.24) is 15.4 Å². The van der Waals surface area contributed by atoms with Gasteiger partial charge in [-0.05, 0) is 20.8 Å². The lowest BCUT2D eigenvalue weighted by Crippen LogP contribution is -2.71. The number of aromatic nitrogens is 1. The fraction of sp³-hybridized carbons (Fsp3) is 0.368. The van der Waals surface area contributed by atoms with Crippen LogP contribution >= 0.6 is 11.8 Å². The molecule has 0 saturated carbocycles. The van der Waals surface area contributed by atoms with E-state index in [4.69, 9.17) is 4.52 Å². The Labute approximate surface area is 165 Å². The van der Waals surface area contributed by atoms with Crippen LogP contribution in [0.3, 0.4) is 0 Å². The number of carbonyl (C=O) groups is 3. The second kappa shape index (κ2) is 6.37. The minimum absolute atomic E-state index is 0.260. The van der Waals surface area contributed by atoms with E-state index in [1.54, 1.807) is 20.8 Å². The standard InChI is InChI=1S/C19H19N3O5S/c1-9-11(12(21-27-9)10-7-5-4-6-8-10)15(23)20-13-16(24)22-14(18(25)26)19(2,3)28-17(13)22/h4-8,13-14,17H,1-3H3,(H,20,23)(H,25,26)/p-1/t13-,14-,17-/m1/s1. The smallest absolute Gasteiger partial charge is 0.257 e. The third-order valence-electron chi connectivity index (χ3n) is 5.09. The number of aryl methyl sites for hydroxylation is 1. The van der Waals surface area contributed by atoms with Gasteiger partial charge in [-0.25, -0.2) is 0 Å². The molecule has 146 valence electrons. The van der Waals surface area contributed by atoms with E-state index in [1.807, 2.05) is 30.3 Å². The highest BCUT2D eigenvalue weighted by atomic mass is 32.2. The monoisotopic (exact) mass is 400 g/mol. The molecule has 0 bridgehead atoms. The topological polar surface area (TPSA) is 116 Å². The van der Waals surface area contributed by atoms with Crippen LogP contribution in [0.1, 0.15) is 30.0 Å². The van der Waals surface area contributed by atoms with E-state index in [1.165, 1.54) is 16.7 Å². The van der Waals surface area contributed by atoms with Crippen molar-refractivity contribution in [2.75, 3.05) is 0 Å². The van der Waals surface area contributed by atoms with Crippen LogP contribution < -0.4 is 10.4 Å². The molecule has 1 N–H and O–H groups in total. The number of nitrogens with zero attached hydrogens (tertiary/aromatic N) is 2. The number of amides is 2. The molecule has 1 aromatic carbocycles. The number of nitrogens with one attached hydrogen (secondary N) is 1. The summed E-state index contributed by atoms with van der Waals surface area (Å²) in [6, 6.07) is 7.29. The van der Waals surface area contributed by atoms with Gasteiger partial charge in [0, 0.05) is 10.3 Å². The second-order valence-corrected chi connectivity index (χ2v) is 9.13. The predicted molar refractivity (Wildman–Crippen MR) is 99.0 cm³/mol. The number of thioether (sulfide) groups is 1. The summed E-state index contributed by atoms with van der Waals surface area (Å²) in [5, 5.41) is 17.7. The number of carbonyl (C=O) groups excluding carboxylic acids is 3. The van der Waals surface area contributed by atoms with E-state index < -0.39 is 40.0 Å². The fourth-order valence-electron chi connectivity index (χ4n) is 3.77. The zero-order chi connectivity index (χ0) is 20.2. The molecular weight excluding hydrogens is 382 g/mol. The maximum Gasteiger partial charge on any atom is 0.257 e. The highest BCUT2D eigenvalue weighted by molar-refractivity contribution is 8.01. The third-order valence-corrected chi connectivity index (χ3v) is 6.66. The van der Waals surface area contributed by atoms with Gasteiger partial charge in [-0.1, -0.05) is 35.5 Å². The van der Waals surface area contributed by atoms with Crippen LogP contribution in [0.4, 0.5) is 0 Å². The largest absolute Gasteiger partial charge is 0.548 e. The number of β-lactam (4-membered cyclic amide) rings is 1. The van der Waals surface area contributed by atoms with E-state index in [-0.39, 0.29) is 5.56 Å². The number of benzene rings is 1. The lowest BCUT2D eigenvalue weighted by molar-refractivity contribution is -0.312. The number of carboxylic acids is 1. The highest BCUT2D eigenvalue weighted by Gasteiger charge is 2.62. The molecule has 0 unspecified atom stereocenters. The minimum Gasteiger partial charge on any atom is -0.548 e. The molecule has 28 heavy (non-hydrogen) atoms. The predicted octanol–water partition coefficient (Wildman–Crippen LogP) is 0.561. The van der Waals surface area contributed by atoms with E-state index in [9.17, 15) is 19.5 Å². The van der Waals surface area contributed by atoms with Gasteiger partial charge in [0.1, 0.15) is 28.4 Å². The Hall–Kier alpha value is -2.81. The van der Waals surface area contributed by atoms with Gasteiger partial charge >= 0.3 is 0 Å². The molecule has 2 fully saturated rings. The van der Waals surface area contributed by atoms with Crippen molar-refractivity contribution >= 4 is 29.5 Å². The lowest BCUT2D eigenvalue weighted by Gasteiger charge is -2.45. The molecule has 2 amide bonds. The first-order valence-corrected chi connectivity index (χ1v) is 9.64. The number of rotatable bonds is 4. The van der Waals surface area contributed by atoms with E-state index >= 15 is 0 Å². The first-order chi connectivity index (χ1) is 13.2. The summed E-state index contributed by atoms with van der Waals surface area (Å²) in [4.78, 5) is 38.2. The molecule has 8 nitrogen and oxygen atoms in total. The van der Waals surface area contributed by atoms with Gasteiger partial charge in [-0.15, -0.1) is 11.8 Å². The Bertz CT molecular complexity index is 971. The quantitative estimate of drug-likeness (QED) is 0.746. The lowest BCUT2D eigenvalue weighted by atomic mass is 9.95. The number of hydrogen-bond donors (Lipinski definition) is 1. The van der Waals surface area contributed by atoms with Crippen LogP contribution in [0.2, 0.25) is 0 Å². The molecule has 2 aliphatic rings. The zero-order valence-corrected chi connectivity index (χ0v) is 16.3. The average Bonchev–Trinajstić information content (AvgIpc) is 3.15. The summed E-state index contributed by atoms with van der Waals surface area (Å²) >= 11 is 1.34. The molecule has 9 heteroatoms. The Kier molecular flexibility index (Phi) is 4.22. The van der Waals surface area contributed by atoms with Crippen LogP contribution in [-0.2, 0) is 9.59 Å². The number of aliphatic carboxylic acids is 1. The summed E-state index contributed by atoms with van der Waals surface area (Å²) in [5.74, 6) is -1.86. The molecule has 3 heterocycles. The summed E-state index contributed by atoms with van der Waals surface area (Å²) in [5.41, 5.74) is 1.38. The molecule has 2 aliphatic heterocycles. The van der Waals surface area contributed by atoms with Crippen molar-refractivity contribution in [3.8, 4) is 11.3 Å². The second-order valence-electron chi connectivity index (χ2n) is 7.36. The summed E-state index contributed by atoms with van der Waals surface area (Å²) in [6.07, 6.45) is 0. The Balaban J connectivity index is 1.58. The van der Waals surface area contributed by atoms with Gasteiger partial charge in [0.25, 0.3) is 5.91 Å². The molecule has 3 atom stereocenters. The highest BCUT2D eigenvalue weighted by Crippen LogP contribution is 2.50. The molecule has 0 radical (unpaired) electrons. The molecule has 4 rings (SSSR count). The van der Waals surface area contributed by atoms with Gasteiger partial charge in [-0.3, -0.25) is 9.59 Å². The van der Waals surface area contributed by atoms with Crippen molar-refractivity contribution in [1.29, 1.82) is 0 Å². The molecule has 0 spiro atoms. The number of fused-ring (bicyclic) bond motifs is 1. The van der Waals surface area contributed by atoms with E-state index in [0.717, 1.165) is 5.56 Å². The normalized spacial score (nSPS) is 25.2. The first-order valence-electron chi connectivity index (χ1n) is 8.76. The summed E-state index contributed by atoms with van der Waals surface area (Å²) < 4.78 is 4.49. The van der Waals surface area contributed by atoms with Crippen LogP contribution in [-0.4, -0.2) is 50.0 Å². The van der Waals surface area contributed by atoms with Gasteiger partial charge in [-0.2, -0.15) is 0 Å². The third kappa shape index (κ3) is 2.69. The van der Waals surface area contributed by atoms with Gasteiger partial charge in [0.05, 0.1) is 12.0 Å². The van der Waals surface area contributed by atoms with Crippen molar-refractivity contribution in [2.45, 2.75) is 43.0 Å². The van der Waals surface area contributed by atoms with Gasteiger partial charge in [0.2, 0.25) is 5.91 Å². The Morgan fingerprint density at radius 3 is 2.61 bits per heavy atom. The first kappa shape index (κ1) is 18.5. The molecular formula is C19H18N3O5S-. The molecule has 1 aromatic heterocycles. The molecule has 0 aliphatic carbocycles. The van der Waals surface area contributed by atoms with Crippen LogP contribution in [0.25, 0.3) is 11.3 Å². The maximum absolute atomic E-state index is 12.9. The van der Waals surface area contributed by atoms with E-state index in [2.05, 4.69) is 10.5 Å². The SMILES string of the molecule is Cc1onc(-c2ccccc2)c1C(=O)N[C@@H]1C(=O)N2[C@@H]1SC(C)(C)[C@H]2C(=O)[O-].